The van der Waals surface area contributed by atoms with E-state index in [9.17, 15) is 9.59 Å². The van der Waals surface area contributed by atoms with Crippen LogP contribution in [0.15, 0.2) is 48.6 Å². The highest BCUT2D eigenvalue weighted by Gasteiger charge is 2.12. The Morgan fingerprint density at radius 1 is 1.15 bits per heavy atom. The quantitative estimate of drug-likeness (QED) is 0.492. The summed E-state index contributed by atoms with van der Waals surface area (Å²) >= 11 is 0. The summed E-state index contributed by atoms with van der Waals surface area (Å²) in [7, 11) is 3.88. The third-order valence-corrected chi connectivity index (χ3v) is 2.83. The number of anilines is 1. The van der Waals surface area contributed by atoms with E-state index in [1.165, 1.54) is 6.08 Å². The minimum absolute atomic E-state index is 0.00952. The molecule has 0 fully saturated rings. The Morgan fingerprint density at radius 2 is 1.75 bits per heavy atom. The first-order valence-electron chi connectivity index (χ1n) is 6.31. The molecule has 4 heteroatoms. The number of carbonyl (C=O) groups excluding carboxylic acids is 1. The maximum absolute atomic E-state index is 12.1. The van der Waals surface area contributed by atoms with Crippen LogP contribution in [0.4, 0.5) is 5.69 Å². The molecule has 106 valence electrons. The van der Waals surface area contributed by atoms with Crippen LogP contribution >= 0.6 is 0 Å². The zero-order chi connectivity index (χ0) is 15.1. The summed E-state index contributed by atoms with van der Waals surface area (Å²) in [6.07, 6.45) is 5.69. The van der Waals surface area contributed by atoms with Crippen molar-refractivity contribution in [1.29, 1.82) is 0 Å². The Morgan fingerprint density at radius 3 is 2.25 bits per heavy atom. The van der Waals surface area contributed by atoms with Gasteiger partial charge in [0.05, 0.1) is 0 Å². The molecule has 0 heterocycles. The molecule has 4 nitrogen and oxygen atoms in total. The summed E-state index contributed by atoms with van der Waals surface area (Å²) < 4.78 is 0. The lowest BCUT2D eigenvalue weighted by Gasteiger charge is -2.13. The third-order valence-electron chi connectivity index (χ3n) is 2.83. The molecule has 1 N–H and O–H groups in total. The Bertz CT molecular complexity index is 527. The van der Waals surface area contributed by atoms with Crippen LogP contribution in [-0.2, 0) is 4.79 Å². The van der Waals surface area contributed by atoms with E-state index in [-0.39, 0.29) is 11.7 Å². The molecular formula is C16H19NO3. The van der Waals surface area contributed by atoms with E-state index < -0.39 is 5.97 Å². The van der Waals surface area contributed by atoms with Crippen LogP contribution in [0.5, 0.6) is 0 Å². The minimum Gasteiger partial charge on any atom is -0.478 e. The summed E-state index contributed by atoms with van der Waals surface area (Å²) in [6.45, 7) is 1.79. The van der Waals surface area contributed by atoms with Crippen molar-refractivity contribution in [2.24, 2.45) is 5.92 Å². The van der Waals surface area contributed by atoms with Gasteiger partial charge < -0.3 is 10.0 Å². The van der Waals surface area contributed by atoms with Crippen LogP contribution in [0, 0.1) is 5.92 Å². The zero-order valence-corrected chi connectivity index (χ0v) is 11.9. The standard InChI is InChI=1S/C16H19NO3/c1-12(6-4-5-7-15(18)19)16(20)13-8-10-14(11-9-13)17(2)3/h4-12H,1-3H3,(H,18,19). The van der Waals surface area contributed by atoms with Crippen molar-refractivity contribution in [3.63, 3.8) is 0 Å². The largest absolute Gasteiger partial charge is 0.478 e. The van der Waals surface area contributed by atoms with Gasteiger partial charge >= 0.3 is 5.97 Å². The second kappa shape index (κ2) is 7.28. The van der Waals surface area contributed by atoms with Crippen molar-refractivity contribution >= 4 is 17.4 Å². The van der Waals surface area contributed by atoms with Crippen molar-refractivity contribution in [3.05, 3.63) is 54.1 Å². The molecule has 20 heavy (non-hydrogen) atoms. The van der Waals surface area contributed by atoms with Gasteiger partial charge in [-0.25, -0.2) is 4.79 Å². The second-order valence-corrected chi connectivity index (χ2v) is 4.68. The average molecular weight is 273 g/mol. The normalized spacial score (nSPS) is 12.8. The van der Waals surface area contributed by atoms with Crippen molar-refractivity contribution in [3.8, 4) is 0 Å². The first-order valence-corrected chi connectivity index (χ1v) is 6.31. The van der Waals surface area contributed by atoms with Gasteiger partial charge in [-0.05, 0) is 24.3 Å². The Hall–Kier alpha value is -2.36. The van der Waals surface area contributed by atoms with Crippen LogP contribution < -0.4 is 4.90 Å². The van der Waals surface area contributed by atoms with E-state index in [0.29, 0.717) is 5.56 Å². The SMILES string of the molecule is CC(C=CC=CC(=O)O)C(=O)c1ccc(N(C)C)cc1. The number of nitrogens with zero attached hydrogens (tertiary/aromatic N) is 1. The number of allylic oxidation sites excluding steroid dienone is 3. The van der Waals surface area contributed by atoms with Crippen LogP contribution in [0.2, 0.25) is 0 Å². The van der Waals surface area contributed by atoms with E-state index in [2.05, 4.69) is 0 Å². The number of carboxylic acid groups (broad SMARTS) is 1. The molecule has 1 rings (SSSR count). The lowest BCUT2D eigenvalue weighted by atomic mass is 9.98. The van der Waals surface area contributed by atoms with Crippen molar-refractivity contribution < 1.29 is 14.7 Å². The summed E-state index contributed by atoms with van der Waals surface area (Å²) in [5.74, 6) is -1.29. The van der Waals surface area contributed by atoms with E-state index in [4.69, 9.17) is 5.11 Å². The van der Waals surface area contributed by atoms with Gasteiger partial charge in [-0.3, -0.25) is 4.79 Å². The van der Waals surface area contributed by atoms with Crippen molar-refractivity contribution in [2.75, 3.05) is 19.0 Å². The fraction of sp³-hybridized carbons (Fsp3) is 0.250. The number of hydrogen-bond acceptors (Lipinski definition) is 3. The molecule has 0 aliphatic carbocycles. The number of benzene rings is 1. The molecule has 0 spiro atoms. The maximum atomic E-state index is 12.1. The van der Waals surface area contributed by atoms with E-state index in [0.717, 1.165) is 11.8 Å². The van der Waals surface area contributed by atoms with Crippen LogP contribution in [0.25, 0.3) is 0 Å². The Kier molecular flexibility index (Phi) is 5.72. The number of hydrogen-bond donors (Lipinski definition) is 1. The molecule has 0 aliphatic heterocycles. The molecular weight excluding hydrogens is 254 g/mol. The van der Waals surface area contributed by atoms with Gasteiger partial charge in [0.15, 0.2) is 5.78 Å². The maximum Gasteiger partial charge on any atom is 0.328 e. The van der Waals surface area contributed by atoms with Gasteiger partial charge in [0.1, 0.15) is 0 Å². The number of carboxylic acids is 1. The van der Waals surface area contributed by atoms with Gasteiger partial charge in [0.25, 0.3) is 0 Å². The third kappa shape index (κ3) is 4.72. The highest BCUT2D eigenvalue weighted by Crippen LogP contribution is 2.15. The predicted molar refractivity (Wildman–Crippen MR) is 80.2 cm³/mol. The van der Waals surface area contributed by atoms with Crippen LogP contribution in [0.3, 0.4) is 0 Å². The fourth-order valence-electron chi connectivity index (χ4n) is 1.64. The molecule has 1 atom stereocenters. The van der Waals surface area contributed by atoms with Crippen LogP contribution in [-0.4, -0.2) is 31.0 Å². The number of aliphatic carboxylic acids is 1. The van der Waals surface area contributed by atoms with Gasteiger partial charge in [-0.1, -0.05) is 25.2 Å². The van der Waals surface area contributed by atoms with E-state index >= 15 is 0 Å². The minimum atomic E-state index is -1.01. The monoisotopic (exact) mass is 273 g/mol. The molecule has 1 aromatic carbocycles. The summed E-state index contributed by atoms with van der Waals surface area (Å²) in [5, 5.41) is 8.45. The highest BCUT2D eigenvalue weighted by molar-refractivity contribution is 5.99. The van der Waals surface area contributed by atoms with Crippen molar-refractivity contribution in [2.45, 2.75) is 6.92 Å². The Labute approximate surface area is 119 Å². The first-order chi connectivity index (χ1) is 9.41. The van der Waals surface area contributed by atoms with E-state index in [1.807, 2.05) is 31.1 Å². The average Bonchev–Trinajstić information content (AvgIpc) is 2.42. The number of carbonyl (C=O) groups is 2. The highest BCUT2D eigenvalue weighted by atomic mass is 16.4. The summed E-state index contributed by atoms with van der Waals surface area (Å²) in [6, 6.07) is 7.40. The number of ketones is 1. The molecule has 0 amide bonds. The molecule has 0 aliphatic rings. The predicted octanol–water partition coefficient (Wildman–Crippen LogP) is 2.77. The van der Waals surface area contributed by atoms with Crippen molar-refractivity contribution in [1.82, 2.24) is 0 Å². The molecule has 1 aromatic rings. The summed E-state index contributed by atoms with van der Waals surface area (Å²) in [4.78, 5) is 24.4. The van der Waals surface area contributed by atoms with Gasteiger partial charge in [-0.15, -0.1) is 0 Å². The lowest BCUT2D eigenvalue weighted by molar-refractivity contribution is -0.131. The van der Waals surface area contributed by atoms with E-state index in [1.54, 1.807) is 31.2 Å². The molecule has 0 saturated heterocycles. The Balaban J connectivity index is 2.71. The lowest BCUT2D eigenvalue weighted by Crippen LogP contribution is -2.11. The topological polar surface area (TPSA) is 57.6 Å². The first kappa shape index (κ1) is 15.7. The summed E-state index contributed by atoms with van der Waals surface area (Å²) in [5.41, 5.74) is 1.68. The molecule has 0 radical (unpaired) electrons. The van der Waals surface area contributed by atoms with Gasteiger partial charge in [0.2, 0.25) is 0 Å². The number of rotatable bonds is 6. The van der Waals surface area contributed by atoms with Gasteiger partial charge in [-0.2, -0.15) is 0 Å². The molecule has 1 unspecified atom stereocenters. The smallest absolute Gasteiger partial charge is 0.328 e. The molecule has 0 aromatic heterocycles. The van der Waals surface area contributed by atoms with Crippen LogP contribution in [0.1, 0.15) is 17.3 Å². The van der Waals surface area contributed by atoms with Gasteiger partial charge in [0, 0.05) is 37.3 Å². The number of Topliss-reactive ketones (excluding diaryl/α,β-unsaturated/α-hetero) is 1. The zero-order valence-electron chi connectivity index (χ0n) is 11.9. The molecule has 0 saturated carbocycles. The second-order valence-electron chi connectivity index (χ2n) is 4.68. The fourth-order valence-corrected chi connectivity index (χ4v) is 1.64. The molecule has 0 bridgehead atoms.